The van der Waals surface area contributed by atoms with Crippen molar-refractivity contribution in [2.45, 2.75) is 6.42 Å². The van der Waals surface area contributed by atoms with E-state index in [1.54, 1.807) is 23.9 Å². The predicted octanol–water partition coefficient (Wildman–Crippen LogP) is 0.597. The predicted molar refractivity (Wildman–Crippen MR) is 65.6 cm³/mol. The van der Waals surface area contributed by atoms with Crippen LogP contribution in [0.3, 0.4) is 0 Å². The van der Waals surface area contributed by atoms with Crippen LogP contribution in [0.4, 0.5) is 4.79 Å². The Morgan fingerprint density at radius 3 is 2.06 bits per heavy atom. The Bertz CT molecular complexity index is 263. The van der Waals surface area contributed by atoms with E-state index in [4.69, 9.17) is 0 Å². The summed E-state index contributed by atoms with van der Waals surface area (Å²) in [5, 5.41) is 0.697. The van der Waals surface area contributed by atoms with Crippen molar-refractivity contribution in [3.63, 3.8) is 0 Å². The van der Waals surface area contributed by atoms with Gasteiger partial charge in [0.2, 0.25) is 5.91 Å². The molecule has 0 saturated carbocycles. The molecule has 16 heavy (non-hydrogen) atoms. The van der Waals surface area contributed by atoms with Crippen molar-refractivity contribution in [3.8, 4) is 0 Å². The quantitative estimate of drug-likeness (QED) is 0.700. The number of amides is 3. The van der Waals surface area contributed by atoms with E-state index >= 15 is 0 Å². The minimum absolute atomic E-state index is 0.0209. The number of carbonyl (C=O) groups excluding carboxylic acids is 2. The fourth-order valence-electron chi connectivity index (χ4n) is 1.67. The third-order valence-corrected chi connectivity index (χ3v) is 2.99. The van der Waals surface area contributed by atoms with Gasteiger partial charge in [0.25, 0.3) is 0 Å². The van der Waals surface area contributed by atoms with E-state index in [-0.39, 0.29) is 11.9 Å². The number of nitrogens with zero attached hydrogens (tertiary/aromatic N) is 3. The van der Waals surface area contributed by atoms with Crippen LogP contribution < -0.4 is 0 Å². The SMILES string of the molecule is CN(C)C(=O)N1CCN(C(=O)CCBr)CC1. The molecule has 0 bridgehead atoms. The summed E-state index contributed by atoms with van der Waals surface area (Å²) in [7, 11) is 3.48. The van der Waals surface area contributed by atoms with Gasteiger partial charge in [-0.15, -0.1) is 0 Å². The average Bonchev–Trinajstić information content (AvgIpc) is 2.28. The van der Waals surface area contributed by atoms with Gasteiger partial charge in [-0.2, -0.15) is 0 Å². The van der Waals surface area contributed by atoms with Crippen LogP contribution in [0.25, 0.3) is 0 Å². The fourth-order valence-corrected chi connectivity index (χ4v) is 2.01. The molecule has 0 spiro atoms. The number of rotatable bonds is 2. The number of alkyl halides is 1. The average molecular weight is 292 g/mol. The molecule has 0 atom stereocenters. The van der Waals surface area contributed by atoms with Gasteiger partial charge < -0.3 is 14.7 Å². The van der Waals surface area contributed by atoms with E-state index in [0.29, 0.717) is 37.9 Å². The van der Waals surface area contributed by atoms with Gasteiger partial charge in [-0.25, -0.2) is 4.79 Å². The van der Waals surface area contributed by atoms with E-state index < -0.39 is 0 Å². The minimum Gasteiger partial charge on any atom is -0.339 e. The summed E-state index contributed by atoms with van der Waals surface area (Å²) < 4.78 is 0. The highest BCUT2D eigenvalue weighted by molar-refractivity contribution is 9.09. The molecule has 1 heterocycles. The van der Waals surface area contributed by atoms with Gasteiger partial charge in [0.1, 0.15) is 0 Å². The summed E-state index contributed by atoms with van der Waals surface area (Å²) in [6, 6.07) is 0.0209. The van der Waals surface area contributed by atoms with Crippen LogP contribution in [0.15, 0.2) is 0 Å². The van der Waals surface area contributed by atoms with Gasteiger partial charge in [0.15, 0.2) is 0 Å². The van der Waals surface area contributed by atoms with Crippen LogP contribution in [-0.2, 0) is 4.79 Å². The molecule has 1 fully saturated rings. The van der Waals surface area contributed by atoms with Crippen molar-refractivity contribution in [3.05, 3.63) is 0 Å². The Hall–Kier alpha value is -0.780. The topological polar surface area (TPSA) is 43.9 Å². The smallest absolute Gasteiger partial charge is 0.319 e. The molecule has 1 rings (SSSR count). The molecular weight excluding hydrogens is 274 g/mol. The lowest BCUT2D eigenvalue weighted by Crippen LogP contribution is -2.52. The van der Waals surface area contributed by atoms with Crippen LogP contribution in [0.5, 0.6) is 0 Å². The summed E-state index contributed by atoms with van der Waals surface area (Å²) in [5.41, 5.74) is 0. The van der Waals surface area contributed by atoms with E-state index in [2.05, 4.69) is 15.9 Å². The molecule has 1 aliphatic heterocycles. The second-order valence-corrected chi connectivity index (χ2v) is 4.78. The molecule has 0 aliphatic carbocycles. The number of hydrogen-bond acceptors (Lipinski definition) is 2. The van der Waals surface area contributed by atoms with Gasteiger partial charge in [-0.3, -0.25) is 4.79 Å². The van der Waals surface area contributed by atoms with E-state index in [9.17, 15) is 9.59 Å². The minimum atomic E-state index is 0.0209. The van der Waals surface area contributed by atoms with Crippen LogP contribution in [-0.4, -0.2) is 72.2 Å². The Balaban J connectivity index is 2.39. The lowest BCUT2D eigenvalue weighted by atomic mass is 10.3. The number of piperazine rings is 1. The number of urea groups is 1. The molecule has 0 unspecified atom stereocenters. The molecule has 5 nitrogen and oxygen atoms in total. The second-order valence-electron chi connectivity index (χ2n) is 3.98. The third-order valence-electron chi connectivity index (χ3n) is 2.59. The largest absolute Gasteiger partial charge is 0.339 e. The standard InChI is InChI=1S/C10H18BrN3O2/c1-12(2)10(16)14-7-5-13(6-8-14)9(15)3-4-11/h3-8H2,1-2H3. The maximum Gasteiger partial charge on any atom is 0.319 e. The highest BCUT2D eigenvalue weighted by atomic mass is 79.9. The molecular formula is C10H18BrN3O2. The molecule has 0 aromatic rings. The molecule has 3 amide bonds. The molecule has 0 aromatic carbocycles. The summed E-state index contributed by atoms with van der Waals surface area (Å²) >= 11 is 3.25. The fraction of sp³-hybridized carbons (Fsp3) is 0.800. The first kappa shape index (κ1) is 13.3. The van der Waals surface area contributed by atoms with Gasteiger partial charge >= 0.3 is 6.03 Å². The Kier molecular flexibility index (Phi) is 5.05. The number of carbonyl (C=O) groups is 2. The van der Waals surface area contributed by atoms with Gasteiger partial charge in [-0.05, 0) is 0 Å². The first-order valence-electron chi connectivity index (χ1n) is 5.36. The van der Waals surface area contributed by atoms with Crippen LogP contribution in [0.1, 0.15) is 6.42 Å². The zero-order valence-electron chi connectivity index (χ0n) is 9.78. The number of halogens is 1. The Morgan fingerprint density at radius 1 is 1.12 bits per heavy atom. The first-order valence-corrected chi connectivity index (χ1v) is 6.48. The van der Waals surface area contributed by atoms with Gasteiger partial charge in [0, 0.05) is 52.0 Å². The van der Waals surface area contributed by atoms with E-state index in [1.807, 2.05) is 4.90 Å². The van der Waals surface area contributed by atoms with E-state index in [0.717, 1.165) is 0 Å². The van der Waals surface area contributed by atoms with Crippen molar-refractivity contribution in [1.29, 1.82) is 0 Å². The molecule has 0 radical (unpaired) electrons. The lowest BCUT2D eigenvalue weighted by Gasteiger charge is -2.35. The van der Waals surface area contributed by atoms with Crippen molar-refractivity contribution in [2.24, 2.45) is 0 Å². The molecule has 0 N–H and O–H groups in total. The van der Waals surface area contributed by atoms with E-state index in [1.165, 1.54) is 0 Å². The zero-order chi connectivity index (χ0) is 12.1. The van der Waals surface area contributed by atoms with Crippen molar-refractivity contribution < 1.29 is 9.59 Å². The maximum atomic E-state index is 11.6. The van der Waals surface area contributed by atoms with Crippen molar-refractivity contribution in [1.82, 2.24) is 14.7 Å². The van der Waals surface area contributed by atoms with Crippen LogP contribution in [0.2, 0.25) is 0 Å². The summed E-state index contributed by atoms with van der Waals surface area (Å²) in [4.78, 5) is 28.4. The maximum absolute atomic E-state index is 11.6. The monoisotopic (exact) mass is 291 g/mol. The molecule has 1 saturated heterocycles. The molecule has 0 aromatic heterocycles. The number of hydrogen-bond donors (Lipinski definition) is 0. The normalized spacial score (nSPS) is 16.2. The highest BCUT2D eigenvalue weighted by Crippen LogP contribution is 2.06. The van der Waals surface area contributed by atoms with Crippen molar-refractivity contribution in [2.75, 3.05) is 45.6 Å². The highest BCUT2D eigenvalue weighted by Gasteiger charge is 2.24. The lowest BCUT2D eigenvalue weighted by molar-refractivity contribution is -0.132. The first-order chi connectivity index (χ1) is 7.56. The van der Waals surface area contributed by atoms with Crippen LogP contribution >= 0.6 is 15.9 Å². The summed E-state index contributed by atoms with van der Waals surface area (Å²) in [6.07, 6.45) is 0.529. The summed E-state index contributed by atoms with van der Waals surface area (Å²) in [6.45, 7) is 2.55. The molecule has 6 heteroatoms. The van der Waals surface area contributed by atoms with Gasteiger partial charge in [0.05, 0.1) is 0 Å². The summed E-state index contributed by atoms with van der Waals surface area (Å²) in [5.74, 6) is 0.161. The van der Waals surface area contributed by atoms with Crippen molar-refractivity contribution >= 4 is 27.9 Å². The van der Waals surface area contributed by atoms with Gasteiger partial charge in [-0.1, -0.05) is 15.9 Å². The Morgan fingerprint density at radius 2 is 1.62 bits per heavy atom. The zero-order valence-corrected chi connectivity index (χ0v) is 11.4. The second kappa shape index (κ2) is 6.08. The molecule has 1 aliphatic rings. The molecule has 92 valence electrons. The third kappa shape index (κ3) is 3.37. The Labute approximate surface area is 104 Å². The van der Waals surface area contributed by atoms with Crippen LogP contribution in [0, 0.1) is 0 Å².